The van der Waals surface area contributed by atoms with Gasteiger partial charge in [0.05, 0.1) is 18.4 Å². The lowest BCUT2D eigenvalue weighted by Gasteiger charge is -2.20. The Kier molecular flexibility index (Phi) is 6.35. The number of nitrogens with one attached hydrogen (secondary N) is 1. The van der Waals surface area contributed by atoms with Gasteiger partial charge in [-0.1, -0.05) is 25.0 Å². The second kappa shape index (κ2) is 8.76. The molecule has 1 aromatic carbocycles. The zero-order chi connectivity index (χ0) is 21.1. The number of carbonyl (C=O) groups is 4. The van der Waals surface area contributed by atoms with Crippen molar-refractivity contribution in [1.29, 1.82) is 0 Å². The lowest BCUT2D eigenvalue weighted by molar-refractivity contribution is -0.141. The minimum Gasteiger partial charge on any atom is -0.336 e. The number of imide groups is 1. The van der Waals surface area contributed by atoms with Gasteiger partial charge in [-0.25, -0.2) is 0 Å². The van der Waals surface area contributed by atoms with E-state index in [4.69, 9.17) is 0 Å². The van der Waals surface area contributed by atoms with E-state index in [9.17, 15) is 19.2 Å². The maximum absolute atomic E-state index is 12.5. The smallest absolute Gasteiger partial charge is 0.243 e. The van der Waals surface area contributed by atoms with Gasteiger partial charge >= 0.3 is 0 Å². The predicted molar refractivity (Wildman–Crippen MR) is 109 cm³/mol. The molecule has 3 rings (SSSR count). The Morgan fingerprint density at radius 2 is 1.72 bits per heavy atom. The number of carbonyl (C=O) groups excluding carboxylic acids is 4. The number of likely N-dealkylation sites (tertiary alicyclic amines) is 1. The second-order valence-corrected chi connectivity index (χ2v) is 8.12. The number of hydrogen-bond donors (Lipinski definition) is 1. The lowest BCUT2D eigenvalue weighted by Crippen LogP contribution is -2.38. The predicted octanol–water partition coefficient (Wildman–Crippen LogP) is 2.27. The van der Waals surface area contributed by atoms with E-state index >= 15 is 0 Å². The Hall–Kier alpha value is -2.70. The molecule has 1 aliphatic heterocycles. The molecule has 29 heavy (non-hydrogen) atoms. The molecule has 2 fully saturated rings. The van der Waals surface area contributed by atoms with Crippen molar-refractivity contribution in [2.24, 2.45) is 11.8 Å². The van der Waals surface area contributed by atoms with Crippen LogP contribution in [0.5, 0.6) is 0 Å². The highest BCUT2D eigenvalue weighted by Gasteiger charge is 2.47. The van der Waals surface area contributed by atoms with E-state index in [-0.39, 0.29) is 55.0 Å². The van der Waals surface area contributed by atoms with Crippen LogP contribution in [0.15, 0.2) is 18.2 Å². The standard InChI is InChI=1S/C22H29N3O4/c1-14-7-6-10-18(15(14)2)23-19(26)13-24(3)20(27)11-12-25-21(28)16-8-4-5-9-17(16)22(25)29/h6-7,10,16-17H,4-5,8-9,11-13H2,1-3H3,(H,23,26)/t16-,17-/m0/s1. The molecule has 0 bridgehead atoms. The number of amides is 4. The molecular formula is C22H29N3O4. The highest BCUT2D eigenvalue weighted by atomic mass is 16.2. The third-order valence-electron chi connectivity index (χ3n) is 6.17. The van der Waals surface area contributed by atoms with Crippen LogP contribution < -0.4 is 5.32 Å². The number of hydrogen-bond acceptors (Lipinski definition) is 4. The van der Waals surface area contributed by atoms with Crippen LogP contribution in [0.1, 0.15) is 43.2 Å². The van der Waals surface area contributed by atoms with Gasteiger partial charge in [-0.3, -0.25) is 24.1 Å². The zero-order valence-corrected chi connectivity index (χ0v) is 17.4. The molecule has 7 nitrogen and oxygen atoms in total. The van der Waals surface area contributed by atoms with Gasteiger partial charge in [-0.05, 0) is 43.9 Å². The van der Waals surface area contributed by atoms with Crippen molar-refractivity contribution in [2.75, 3.05) is 25.5 Å². The summed E-state index contributed by atoms with van der Waals surface area (Å²) in [6.07, 6.45) is 3.51. The molecule has 1 N–H and O–H groups in total. The molecule has 0 radical (unpaired) electrons. The van der Waals surface area contributed by atoms with E-state index in [0.29, 0.717) is 0 Å². The molecule has 0 aromatic heterocycles. The summed E-state index contributed by atoms with van der Waals surface area (Å²) in [4.78, 5) is 52.3. The first-order valence-corrected chi connectivity index (χ1v) is 10.2. The number of rotatable bonds is 6. The van der Waals surface area contributed by atoms with Crippen LogP contribution in [-0.4, -0.2) is 53.6 Å². The Morgan fingerprint density at radius 1 is 1.10 bits per heavy atom. The van der Waals surface area contributed by atoms with E-state index in [1.807, 2.05) is 32.0 Å². The van der Waals surface area contributed by atoms with Crippen LogP contribution in [0.2, 0.25) is 0 Å². The highest BCUT2D eigenvalue weighted by Crippen LogP contribution is 2.37. The van der Waals surface area contributed by atoms with Crippen molar-refractivity contribution in [1.82, 2.24) is 9.80 Å². The fourth-order valence-electron chi connectivity index (χ4n) is 4.23. The summed E-state index contributed by atoms with van der Waals surface area (Å²) in [5.41, 5.74) is 2.79. The molecule has 1 saturated heterocycles. The molecular weight excluding hydrogens is 370 g/mol. The van der Waals surface area contributed by atoms with Crippen LogP contribution >= 0.6 is 0 Å². The van der Waals surface area contributed by atoms with E-state index in [0.717, 1.165) is 42.5 Å². The quantitative estimate of drug-likeness (QED) is 0.744. The minimum absolute atomic E-state index is 0.0319. The minimum atomic E-state index is -0.283. The fraction of sp³-hybridized carbons (Fsp3) is 0.545. The van der Waals surface area contributed by atoms with Gasteiger partial charge < -0.3 is 10.2 Å². The Labute approximate surface area is 171 Å². The molecule has 1 aromatic rings. The van der Waals surface area contributed by atoms with Crippen molar-refractivity contribution in [3.63, 3.8) is 0 Å². The molecule has 4 amide bonds. The first-order valence-electron chi connectivity index (χ1n) is 10.2. The molecule has 2 aliphatic rings. The topological polar surface area (TPSA) is 86.8 Å². The summed E-state index contributed by atoms with van der Waals surface area (Å²) in [6, 6.07) is 5.66. The second-order valence-electron chi connectivity index (χ2n) is 8.12. The van der Waals surface area contributed by atoms with Gasteiger partial charge in [-0.2, -0.15) is 0 Å². The van der Waals surface area contributed by atoms with Crippen molar-refractivity contribution >= 4 is 29.3 Å². The van der Waals surface area contributed by atoms with E-state index in [1.165, 1.54) is 9.80 Å². The highest BCUT2D eigenvalue weighted by molar-refractivity contribution is 6.05. The Morgan fingerprint density at radius 3 is 2.34 bits per heavy atom. The van der Waals surface area contributed by atoms with Gasteiger partial charge in [0, 0.05) is 25.7 Å². The summed E-state index contributed by atoms with van der Waals surface area (Å²) in [6.45, 7) is 3.91. The van der Waals surface area contributed by atoms with Gasteiger partial charge in [0.2, 0.25) is 23.6 Å². The number of benzene rings is 1. The summed E-state index contributed by atoms with van der Waals surface area (Å²) in [7, 11) is 1.55. The normalized spacial score (nSPS) is 21.1. The van der Waals surface area contributed by atoms with E-state index in [2.05, 4.69) is 5.32 Å². The van der Waals surface area contributed by atoms with Crippen LogP contribution in [0.4, 0.5) is 5.69 Å². The number of nitrogens with zero attached hydrogens (tertiary/aromatic N) is 2. The SMILES string of the molecule is Cc1cccc(NC(=O)CN(C)C(=O)CCN2C(=O)[C@H]3CCCC[C@@H]3C2=O)c1C. The zero-order valence-electron chi connectivity index (χ0n) is 17.4. The first-order chi connectivity index (χ1) is 13.8. The molecule has 1 saturated carbocycles. The molecule has 2 atom stereocenters. The lowest BCUT2D eigenvalue weighted by atomic mass is 9.81. The number of fused-ring (bicyclic) bond motifs is 1. The molecule has 0 unspecified atom stereocenters. The Balaban J connectivity index is 1.50. The van der Waals surface area contributed by atoms with Crippen LogP contribution in [-0.2, 0) is 19.2 Å². The summed E-state index contributed by atoms with van der Waals surface area (Å²) in [5.74, 6) is -1.23. The maximum atomic E-state index is 12.5. The monoisotopic (exact) mass is 399 g/mol. The van der Waals surface area contributed by atoms with E-state index < -0.39 is 0 Å². The summed E-state index contributed by atoms with van der Waals surface area (Å²) >= 11 is 0. The third kappa shape index (κ3) is 4.49. The summed E-state index contributed by atoms with van der Waals surface area (Å²) in [5, 5.41) is 2.83. The van der Waals surface area contributed by atoms with Crippen molar-refractivity contribution < 1.29 is 19.2 Å². The average Bonchev–Trinajstić information content (AvgIpc) is 2.94. The third-order valence-corrected chi connectivity index (χ3v) is 6.17. The van der Waals surface area contributed by atoms with Gasteiger partial charge in [0.15, 0.2) is 0 Å². The fourth-order valence-corrected chi connectivity index (χ4v) is 4.23. The van der Waals surface area contributed by atoms with Gasteiger partial charge in [0.1, 0.15) is 0 Å². The van der Waals surface area contributed by atoms with Crippen LogP contribution in [0.3, 0.4) is 0 Å². The van der Waals surface area contributed by atoms with Crippen molar-refractivity contribution in [3.05, 3.63) is 29.3 Å². The molecule has 1 aliphatic carbocycles. The molecule has 156 valence electrons. The van der Waals surface area contributed by atoms with Crippen LogP contribution in [0, 0.1) is 25.7 Å². The van der Waals surface area contributed by atoms with Gasteiger partial charge in [0.25, 0.3) is 0 Å². The number of aryl methyl sites for hydroxylation is 1. The molecule has 0 spiro atoms. The largest absolute Gasteiger partial charge is 0.336 e. The molecule has 7 heteroatoms. The average molecular weight is 399 g/mol. The first kappa shape index (κ1) is 21.0. The number of anilines is 1. The van der Waals surface area contributed by atoms with Gasteiger partial charge in [-0.15, -0.1) is 0 Å². The Bertz CT molecular complexity index is 811. The molecule has 1 heterocycles. The van der Waals surface area contributed by atoms with E-state index in [1.54, 1.807) is 7.05 Å². The van der Waals surface area contributed by atoms with Crippen molar-refractivity contribution in [2.45, 2.75) is 46.0 Å². The van der Waals surface area contributed by atoms with Crippen molar-refractivity contribution in [3.8, 4) is 0 Å². The van der Waals surface area contributed by atoms with Crippen LogP contribution in [0.25, 0.3) is 0 Å². The maximum Gasteiger partial charge on any atom is 0.243 e. The summed E-state index contributed by atoms with van der Waals surface area (Å²) < 4.78 is 0. The number of likely N-dealkylation sites (N-methyl/N-ethyl adjacent to an activating group) is 1.